The van der Waals surface area contributed by atoms with Crippen molar-refractivity contribution in [3.63, 3.8) is 0 Å². The molecule has 1 fully saturated rings. The molecule has 0 radical (unpaired) electrons. The van der Waals surface area contributed by atoms with Gasteiger partial charge in [-0.3, -0.25) is 19.6 Å². The van der Waals surface area contributed by atoms with Gasteiger partial charge in [0.25, 0.3) is 0 Å². The van der Waals surface area contributed by atoms with Crippen LogP contribution in [0.4, 0.5) is 11.5 Å². The molecule has 33 heavy (non-hydrogen) atoms. The predicted octanol–water partition coefficient (Wildman–Crippen LogP) is 3.64. The number of carbonyl (C=O) groups excluding carboxylic acids is 1. The zero-order valence-electron chi connectivity index (χ0n) is 19.4. The number of nitrogens with two attached hydrogens (primary N) is 1. The van der Waals surface area contributed by atoms with Crippen LogP contribution in [0.2, 0.25) is 0 Å². The van der Waals surface area contributed by atoms with Crippen LogP contribution in [-0.2, 0) is 9.59 Å². The van der Waals surface area contributed by atoms with E-state index in [9.17, 15) is 9.59 Å². The molecular weight excluding hydrogens is 440 g/mol. The van der Waals surface area contributed by atoms with Gasteiger partial charge in [-0.05, 0) is 67.2 Å². The molecule has 0 bridgehead atoms. The van der Waals surface area contributed by atoms with Crippen molar-refractivity contribution in [2.24, 2.45) is 5.14 Å². The van der Waals surface area contributed by atoms with Gasteiger partial charge in [0.05, 0.1) is 12.3 Å². The molecule has 1 aromatic heterocycles. The normalized spacial score (nSPS) is 22.1. The first-order chi connectivity index (χ1) is 15.9. The number of rotatable bonds is 11. The number of benzene rings is 1. The second kappa shape index (κ2) is 11.4. The molecule has 0 aliphatic carbocycles. The Balaban J connectivity index is 1.69. The van der Waals surface area contributed by atoms with Crippen molar-refractivity contribution < 1.29 is 19.4 Å². The highest BCUT2D eigenvalue weighted by molar-refractivity contribution is 8.32. The van der Waals surface area contributed by atoms with E-state index in [1.54, 1.807) is 35.2 Å². The number of aromatic nitrogens is 1. The van der Waals surface area contributed by atoms with Gasteiger partial charge in [-0.15, -0.1) is 0 Å². The molecule has 0 atom stereocenters. The van der Waals surface area contributed by atoms with Gasteiger partial charge in [0.15, 0.2) is 5.82 Å². The molecule has 1 aliphatic rings. The van der Waals surface area contributed by atoms with Gasteiger partial charge in [-0.1, -0.05) is 13.3 Å². The van der Waals surface area contributed by atoms with E-state index in [1.807, 2.05) is 12.1 Å². The summed E-state index contributed by atoms with van der Waals surface area (Å²) < 4.78 is 5.76. The summed E-state index contributed by atoms with van der Waals surface area (Å²) in [5.74, 6) is 2.02. The van der Waals surface area contributed by atoms with Gasteiger partial charge < -0.3 is 14.7 Å². The number of hydrogen-bond acceptors (Lipinski definition) is 6. The van der Waals surface area contributed by atoms with Crippen LogP contribution in [0.1, 0.15) is 32.6 Å². The molecule has 1 amide bonds. The summed E-state index contributed by atoms with van der Waals surface area (Å²) >= 11 is 0. The Labute approximate surface area is 197 Å². The highest BCUT2D eigenvalue weighted by Crippen LogP contribution is 2.53. The van der Waals surface area contributed by atoms with E-state index in [-0.39, 0.29) is 12.6 Å². The van der Waals surface area contributed by atoms with Gasteiger partial charge in [0.2, 0.25) is 6.41 Å². The topological polar surface area (TPSA) is 109 Å². The number of carboxylic acids is 1. The molecule has 9 heteroatoms. The summed E-state index contributed by atoms with van der Waals surface area (Å²) in [7, 11) is 0.217. The molecule has 0 saturated carbocycles. The Morgan fingerprint density at radius 2 is 1.97 bits per heavy atom. The van der Waals surface area contributed by atoms with E-state index in [1.165, 1.54) is 0 Å². The number of amides is 1. The summed E-state index contributed by atoms with van der Waals surface area (Å²) in [6.07, 6.45) is 6.08. The molecule has 2 heterocycles. The number of aliphatic carboxylic acids is 1. The standard InChI is InChI=1S/C24H34N4O4S/c1-3-4-14-32-20-7-9-21(10-8-20)33(25)15-11-19(12-16-33)28(18-29)24-22(6-5-13-26-24)27(2)17-23(30)31/h5-10,13,18-19H,3-4,11-12,14-17,25H2,1-2H3,(H,30,31). The predicted molar refractivity (Wildman–Crippen MR) is 133 cm³/mol. The number of anilines is 2. The molecule has 0 unspecified atom stereocenters. The Kier molecular flexibility index (Phi) is 8.57. The lowest BCUT2D eigenvalue weighted by atomic mass is 10.1. The van der Waals surface area contributed by atoms with Crippen LogP contribution in [-0.4, -0.2) is 60.2 Å². The Morgan fingerprint density at radius 3 is 2.58 bits per heavy atom. The maximum atomic E-state index is 12.1. The molecule has 3 rings (SSSR count). The molecular formula is C24H34N4O4S. The molecule has 1 saturated heterocycles. The van der Waals surface area contributed by atoms with Crippen LogP contribution in [0, 0.1) is 0 Å². The van der Waals surface area contributed by atoms with Gasteiger partial charge in [0, 0.05) is 24.2 Å². The van der Waals surface area contributed by atoms with E-state index >= 15 is 0 Å². The molecule has 180 valence electrons. The molecule has 2 aromatic rings. The summed E-state index contributed by atoms with van der Waals surface area (Å²) in [4.78, 5) is 32.0. The van der Waals surface area contributed by atoms with Crippen LogP contribution >= 0.6 is 10.2 Å². The lowest BCUT2D eigenvalue weighted by Gasteiger charge is -2.44. The Hall–Kier alpha value is -2.78. The molecule has 1 aromatic carbocycles. The van der Waals surface area contributed by atoms with E-state index in [2.05, 4.69) is 24.0 Å². The minimum atomic E-state index is -1.47. The van der Waals surface area contributed by atoms with Crippen molar-refractivity contribution in [2.45, 2.75) is 43.5 Å². The first kappa shape index (κ1) is 24.9. The lowest BCUT2D eigenvalue weighted by molar-refractivity contribution is -0.135. The van der Waals surface area contributed by atoms with Crippen LogP contribution in [0.5, 0.6) is 5.75 Å². The smallest absolute Gasteiger partial charge is 0.323 e. The monoisotopic (exact) mass is 474 g/mol. The summed E-state index contributed by atoms with van der Waals surface area (Å²) in [6.45, 7) is 2.68. The lowest BCUT2D eigenvalue weighted by Crippen LogP contribution is -2.42. The number of unbranched alkanes of at least 4 members (excludes halogenated alkanes) is 1. The second-order valence-corrected chi connectivity index (χ2v) is 11.5. The molecule has 1 aliphatic heterocycles. The number of carboxylic acid groups (broad SMARTS) is 1. The molecule has 3 N–H and O–H groups in total. The number of pyridine rings is 1. The maximum Gasteiger partial charge on any atom is 0.323 e. The molecule has 8 nitrogen and oxygen atoms in total. The molecule has 0 spiro atoms. The van der Waals surface area contributed by atoms with E-state index < -0.39 is 16.2 Å². The van der Waals surface area contributed by atoms with Crippen LogP contribution in [0.25, 0.3) is 0 Å². The average Bonchev–Trinajstić information content (AvgIpc) is 2.81. The second-order valence-electron chi connectivity index (χ2n) is 8.37. The zero-order valence-corrected chi connectivity index (χ0v) is 20.2. The van der Waals surface area contributed by atoms with Crippen molar-refractivity contribution >= 4 is 34.1 Å². The van der Waals surface area contributed by atoms with E-state index in [0.717, 1.165) is 60.9 Å². The van der Waals surface area contributed by atoms with Crippen molar-refractivity contribution in [1.82, 2.24) is 4.98 Å². The highest BCUT2D eigenvalue weighted by Gasteiger charge is 2.33. The van der Waals surface area contributed by atoms with Gasteiger partial charge >= 0.3 is 5.97 Å². The highest BCUT2D eigenvalue weighted by atomic mass is 32.3. The first-order valence-corrected chi connectivity index (χ1v) is 13.3. The fourth-order valence-electron chi connectivity index (χ4n) is 4.08. The van der Waals surface area contributed by atoms with E-state index in [0.29, 0.717) is 11.5 Å². The van der Waals surface area contributed by atoms with Crippen molar-refractivity contribution in [3.05, 3.63) is 42.6 Å². The summed E-state index contributed by atoms with van der Waals surface area (Å²) in [5.41, 5.74) is 0.614. The minimum absolute atomic E-state index is 0.0322. The van der Waals surface area contributed by atoms with Crippen LogP contribution in [0.3, 0.4) is 0 Å². The SMILES string of the molecule is CCCCOc1ccc(S2(N)CCC(N(C=O)c3ncccc3N(C)CC(=O)O)CC2)cc1. The fourth-order valence-corrected chi connectivity index (χ4v) is 6.82. The average molecular weight is 475 g/mol. The third-order valence-corrected chi connectivity index (χ3v) is 9.13. The number of hydrogen-bond donors (Lipinski definition) is 2. The fraction of sp³-hybridized carbons (Fsp3) is 0.458. The van der Waals surface area contributed by atoms with Crippen molar-refractivity contribution in [3.8, 4) is 5.75 Å². The number of ether oxygens (including phenoxy) is 1. The van der Waals surface area contributed by atoms with Gasteiger partial charge in [-0.2, -0.15) is 10.2 Å². The third-order valence-electron chi connectivity index (χ3n) is 5.99. The minimum Gasteiger partial charge on any atom is -0.494 e. The summed E-state index contributed by atoms with van der Waals surface area (Å²) in [5, 5.41) is 16.0. The largest absolute Gasteiger partial charge is 0.494 e. The quantitative estimate of drug-likeness (QED) is 0.378. The zero-order chi connectivity index (χ0) is 23.8. The Morgan fingerprint density at radius 1 is 1.27 bits per heavy atom. The van der Waals surface area contributed by atoms with Gasteiger partial charge in [0.1, 0.15) is 12.3 Å². The van der Waals surface area contributed by atoms with Crippen molar-refractivity contribution in [2.75, 3.05) is 41.5 Å². The van der Waals surface area contributed by atoms with Gasteiger partial charge in [-0.25, -0.2) is 4.98 Å². The maximum absolute atomic E-state index is 12.1. The number of likely N-dealkylation sites (N-methyl/N-ethyl adjacent to an activating group) is 1. The van der Waals surface area contributed by atoms with Crippen LogP contribution in [0.15, 0.2) is 47.5 Å². The summed E-state index contributed by atoms with van der Waals surface area (Å²) in [6, 6.07) is 11.6. The van der Waals surface area contributed by atoms with Crippen LogP contribution < -0.4 is 19.7 Å². The Bertz CT molecular complexity index is 932. The van der Waals surface area contributed by atoms with Crippen molar-refractivity contribution in [1.29, 1.82) is 0 Å². The van der Waals surface area contributed by atoms with E-state index in [4.69, 9.17) is 15.0 Å². The number of nitrogens with zero attached hydrogens (tertiary/aromatic N) is 3. The first-order valence-electron chi connectivity index (χ1n) is 11.3. The third kappa shape index (κ3) is 6.17. The number of carbonyl (C=O) groups is 2.